The van der Waals surface area contributed by atoms with Gasteiger partial charge < -0.3 is 25.0 Å². The molecule has 11 heteroatoms. The molecule has 208 valence electrons. The van der Waals surface area contributed by atoms with Crippen LogP contribution in [-0.4, -0.2) is 96.8 Å². The van der Waals surface area contributed by atoms with E-state index >= 15 is 0 Å². The fourth-order valence-corrected chi connectivity index (χ4v) is 5.02. The molecule has 2 saturated heterocycles. The van der Waals surface area contributed by atoms with Crippen molar-refractivity contribution in [2.45, 2.75) is 6.54 Å². The third kappa shape index (κ3) is 5.91. The number of hydrogen-bond acceptors (Lipinski definition) is 9. The fourth-order valence-electron chi connectivity index (χ4n) is 5.02. The van der Waals surface area contributed by atoms with Crippen molar-refractivity contribution in [3.63, 3.8) is 0 Å². The standard InChI is InChI=1S/C29H34N8O3/c1-30-28(38)21-4-6-24(7-5-21)32-27-19-25(33-29(34-27)36-12-16-40-17-13-36)22-2-3-23-20-31-37(26(23)18-22)9-8-35-10-14-39-15-11-35/h2-7,18-20H,8-17H2,1H3,(H,30,38)(H,32,33,34). The molecule has 2 aliphatic rings. The number of carbonyl (C=O) groups is 1. The number of morpholine rings is 2. The monoisotopic (exact) mass is 542 g/mol. The van der Waals surface area contributed by atoms with Crippen molar-refractivity contribution in [3.8, 4) is 11.3 Å². The number of fused-ring (bicyclic) bond motifs is 1. The topological polar surface area (TPSA) is 110 Å². The largest absolute Gasteiger partial charge is 0.379 e. The molecule has 2 aromatic heterocycles. The van der Waals surface area contributed by atoms with E-state index in [2.05, 4.69) is 48.4 Å². The van der Waals surface area contributed by atoms with Crippen LogP contribution in [0.5, 0.6) is 0 Å². The molecular formula is C29H34N8O3. The van der Waals surface area contributed by atoms with Crippen molar-refractivity contribution in [1.29, 1.82) is 0 Å². The summed E-state index contributed by atoms with van der Waals surface area (Å²) in [6.07, 6.45) is 1.92. The Balaban J connectivity index is 1.30. The summed E-state index contributed by atoms with van der Waals surface area (Å²) in [6, 6.07) is 15.6. The molecule has 1 amide bonds. The van der Waals surface area contributed by atoms with Gasteiger partial charge in [-0.15, -0.1) is 0 Å². The second-order valence-corrected chi connectivity index (χ2v) is 9.91. The summed E-state index contributed by atoms with van der Waals surface area (Å²) in [7, 11) is 1.62. The maximum Gasteiger partial charge on any atom is 0.251 e. The Labute approximate surface area is 233 Å². The van der Waals surface area contributed by atoms with Gasteiger partial charge in [-0.3, -0.25) is 14.4 Å². The van der Waals surface area contributed by atoms with Gasteiger partial charge in [-0.2, -0.15) is 10.1 Å². The lowest BCUT2D eigenvalue weighted by molar-refractivity contribution is 0.0361. The van der Waals surface area contributed by atoms with Crippen molar-refractivity contribution in [2.24, 2.45) is 0 Å². The zero-order valence-corrected chi connectivity index (χ0v) is 22.7. The van der Waals surface area contributed by atoms with Gasteiger partial charge in [-0.05, 0) is 30.3 Å². The summed E-state index contributed by atoms with van der Waals surface area (Å²) in [5.41, 5.74) is 4.33. The first-order chi connectivity index (χ1) is 19.7. The van der Waals surface area contributed by atoms with E-state index in [0.717, 1.165) is 80.3 Å². The molecule has 2 aliphatic heterocycles. The molecule has 2 aromatic carbocycles. The predicted octanol–water partition coefficient (Wildman–Crippen LogP) is 2.77. The summed E-state index contributed by atoms with van der Waals surface area (Å²) >= 11 is 0. The average molecular weight is 543 g/mol. The van der Waals surface area contributed by atoms with Crippen LogP contribution in [0.25, 0.3) is 22.2 Å². The highest BCUT2D eigenvalue weighted by Crippen LogP contribution is 2.28. The third-order valence-electron chi connectivity index (χ3n) is 7.33. The number of benzene rings is 2. The molecule has 0 aliphatic carbocycles. The molecule has 0 saturated carbocycles. The number of ether oxygens (including phenoxy) is 2. The zero-order valence-electron chi connectivity index (χ0n) is 22.7. The molecule has 0 bridgehead atoms. The summed E-state index contributed by atoms with van der Waals surface area (Å²) in [5, 5.41) is 11.8. The van der Waals surface area contributed by atoms with Crippen LogP contribution in [0.3, 0.4) is 0 Å². The van der Waals surface area contributed by atoms with Gasteiger partial charge in [0, 0.05) is 68.0 Å². The van der Waals surface area contributed by atoms with E-state index in [1.54, 1.807) is 19.2 Å². The molecule has 40 heavy (non-hydrogen) atoms. The van der Waals surface area contributed by atoms with Crippen LogP contribution in [0.15, 0.2) is 54.7 Å². The highest BCUT2D eigenvalue weighted by molar-refractivity contribution is 5.94. The first-order valence-electron chi connectivity index (χ1n) is 13.7. The van der Waals surface area contributed by atoms with Gasteiger partial charge >= 0.3 is 0 Å². The Morgan fingerprint density at radius 3 is 2.40 bits per heavy atom. The van der Waals surface area contributed by atoms with Crippen LogP contribution in [0, 0.1) is 0 Å². The Bertz CT molecular complexity index is 1460. The molecule has 0 atom stereocenters. The van der Waals surface area contributed by atoms with Gasteiger partial charge in [0.1, 0.15) is 5.82 Å². The number of hydrogen-bond donors (Lipinski definition) is 2. The first kappa shape index (κ1) is 26.2. The molecule has 0 radical (unpaired) electrons. The van der Waals surface area contributed by atoms with Crippen LogP contribution >= 0.6 is 0 Å². The van der Waals surface area contributed by atoms with Gasteiger partial charge in [-0.25, -0.2) is 4.98 Å². The van der Waals surface area contributed by atoms with E-state index < -0.39 is 0 Å². The molecular weight excluding hydrogens is 508 g/mol. The number of nitrogens with one attached hydrogen (secondary N) is 2. The number of nitrogens with zero attached hydrogens (tertiary/aromatic N) is 6. The van der Waals surface area contributed by atoms with Crippen LogP contribution in [0.1, 0.15) is 10.4 Å². The lowest BCUT2D eigenvalue weighted by Gasteiger charge is -2.27. The van der Waals surface area contributed by atoms with E-state index in [-0.39, 0.29) is 5.91 Å². The van der Waals surface area contributed by atoms with Crippen molar-refractivity contribution in [2.75, 3.05) is 76.4 Å². The summed E-state index contributed by atoms with van der Waals surface area (Å²) in [5.74, 6) is 1.22. The van der Waals surface area contributed by atoms with E-state index in [4.69, 9.17) is 19.4 Å². The van der Waals surface area contributed by atoms with Gasteiger partial charge in [0.05, 0.1) is 50.4 Å². The highest BCUT2D eigenvalue weighted by atomic mass is 16.5. The lowest BCUT2D eigenvalue weighted by Crippen LogP contribution is -2.38. The number of aromatic nitrogens is 4. The maximum absolute atomic E-state index is 11.9. The minimum atomic E-state index is -0.120. The zero-order chi connectivity index (χ0) is 27.3. The Morgan fingerprint density at radius 1 is 0.900 bits per heavy atom. The van der Waals surface area contributed by atoms with E-state index in [0.29, 0.717) is 30.5 Å². The van der Waals surface area contributed by atoms with Crippen molar-refractivity contribution >= 4 is 34.3 Å². The third-order valence-corrected chi connectivity index (χ3v) is 7.33. The highest BCUT2D eigenvalue weighted by Gasteiger charge is 2.18. The Kier molecular flexibility index (Phi) is 7.85. The number of carbonyl (C=O) groups excluding carboxylic acids is 1. The van der Waals surface area contributed by atoms with Crippen LogP contribution in [-0.2, 0) is 16.0 Å². The van der Waals surface area contributed by atoms with Gasteiger partial charge in [0.15, 0.2) is 0 Å². The number of anilines is 3. The van der Waals surface area contributed by atoms with Crippen LogP contribution in [0.4, 0.5) is 17.5 Å². The number of rotatable bonds is 8. The molecule has 2 N–H and O–H groups in total. The molecule has 0 unspecified atom stereocenters. The minimum Gasteiger partial charge on any atom is -0.379 e. The van der Waals surface area contributed by atoms with Crippen molar-refractivity contribution in [1.82, 2.24) is 30.0 Å². The quantitative estimate of drug-likeness (QED) is 0.347. The first-order valence-corrected chi connectivity index (χ1v) is 13.7. The Hall–Kier alpha value is -4.06. The van der Waals surface area contributed by atoms with E-state index in [1.165, 1.54) is 0 Å². The van der Waals surface area contributed by atoms with E-state index in [9.17, 15) is 4.79 Å². The van der Waals surface area contributed by atoms with E-state index in [1.807, 2.05) is 24.4 Å². The summed E-state index contributed by atoms with van der Waals surface area (Å²) in [6.45, 7) is 8.00. The maximum atomic E-state index is 11.9. The predicted molar refractivity (Wildman–Crippen MR) is 154 cm³/mol. The minimum absolute atomic E-state index is 0.120. The fraction of sp³-hybridized carbons (Fsp3) is 0.379. The second-order valence-electron chi connectivity index (χ2n) is 9.91. The number of amides is 1. The molecule has 4 aromatic rings. The summed E-state index contributed by atoms with van der Waals surface area (Å²) < 4.78 is 13.1. The average Bonchev–Trinajstić information content (AvgIpc) is 3.43. The Morgan fingerprint density at radius 2 is 1.65 bits per heavy atom. The molecule has 11 nitrogen and oxygen atoms in total. The van der Waals surface area contributed by atoms with Crippen molar-refractivity contribution < 1.29 is 14.3 Å². The SMILES string of the molecule is CNC(=O)c1ccc(Nc2cc(-c3ccc4cnn(CCN5CCOCC5)c4c3)nc(N3CCOCC3)n2)cc1. The summed E-state index contributed by atoms with van der Waals surface area (Å²) in [4.78, 5) is 26.3. The molecule has 0 spiro atoms. The molecule has 6 rings (SSSR count). The van der Waals surface area contributed by atoms with Gasteiger partial charge in [-0.1, -0.05) is 12.1 Å². The smallest absolute Gasteiger partial charge is 0.251 e. The lowest BCUT2D eigenvalue weighted by atomic mass is 10.1. The van der Waals surface area contributed by atoms with Gasteiger partial charge in [0.25, 0.3) is 5.91 Å². The van der Waals surface area contributed by atoms with Crippen LogP contribution in [0.2, 0.25) is 0 Å². The second kappa shape index (κ2) is 12.0. The van der Waals surface area contributed by atoms with Crippen molar-refractivity contribution in [3.05, 3.63) is 60.3 Å². The van der Waals surface area contributed by atoms with Crippen LogP contribution < -0.4 is 15.5 Å². The van der Waals surface area contributed by atoms with Gasteiger partial charge in [0.2, 0.25) is 5.95 Å². The normalized spacial score (nSPS) is 16.3. The molecule has 2 fully saturated rings. The molecule has 4 heterocycles.